The monoisotopic (exact) mass is 335 g/mol. The van der Waals surface area contributed by atoms with Gasteiger partial charge in [0.2, 0.25) is 5.95 Å². The highest BCUT2D eigenvalue weighted by Crippen LogP contribution is 2.29. The number of nitrogens with one attached hydrogen (secondary N) is 1. The predicted octanol–water partition coefficient (Wildman–Crippen LogP) is 2.97. The van der Waals surface area contributed by atoms with E-state index in [9.17, 15) is 0 Å². The second-order valence-corrected chi connectivity index (χ2v) is 6.35. The summed E-state index contributed by atoms with van der Waals surface area (Å²) in [6.45, 7) is 0. The highest BCUT2D eigenvalue weighted by Gasteiger charge is 2.18. The summed E-state index contributed by atoms with van der Waals surface area (Å²) < 4.78 is 0. The number of anilines is 4. The molecule has 2 heterocycles. The van der Waals surface area contributed by atoms with Crippen LogP contribution in [-0.4, -0.2) is 21.0 Å². The van der Waals surface area contributed by atoms with Crippen LogP contribution >= 0.6 is 0 Å². The van der Waals surface area contributed by atoms with Crippen LogP contribution in [0.15, 0.2) is 42.7 Å². The van der Waals surface area contributed by atoms with Crippen molar-refractivity contribution < 1.29 is 0 Å². The summed E-state index contributed by atoms with van der Waals surface area (Å²) in [6, 6.07) is 10.1. The van der Waals surface area contributed by atoms with E-state index in [0.29, 0.717) is 23.5 Å². The molecule has 7 heteroatoms. The van der Waals surface area contributed by atoms with Gasteiger partial charge in [-0.05, 0) is 37.1 Å². The summed E-state index contributed by atoms with van der Waals surface area (Å²) in [5.41, 5.74) is 8.20. The number of pyridine rings is 1. The van der Waals surface area contributed by atoms with Gasteiger partial charge in [0.05, 0.1) is 23.1 Å². The van der Waals surface area contributed by atoms with Crippen molar-refractivity contribution in [2.45, 2.75) is 31.7 Å². The molecule has 128 valence electrons. The SMILES string of the molecule is Nc1cnc(NC2CCCC2)nc1N(N)c1ccc2ncccc2c1. The van der Waals surface area contributed by atoms with Crippen LogP contribution in [-0.2, 0) is 0 Å². The third kappa shape index (κ3) is 3.18. The number of nitrogens with zero attached hydrogens (tertiary/aromatic N) is 4. The van der Waals surface area contributed by atoms with E-state index in [1.54, 1.807) is 12.4 Å². The van der Waals surface area contributed by atoms with E-state index in [2.05, 4.69) is 20.3 Å². The predicted molar refractivity (Wildman–Crippen MR) is 100 cm³/mol. The lowest BCUT2D eigenvalue weighted by atomic mass is 10.2. The zero-order valence-electron chi connectivity index (χ0n) is 13.9. The zero-order valence-corrected chi connectivity index (χ0v) is 13.9. The number of hydrogen-bond acceptors (Lipinski definition) is 7. The van der Waals surface area contributed by atoms with Gasteiger partial charge < -0.3 is 11.1 Å². The van der Waals surface area contributed by atoms with Gasteiger partial charge in [0.15, 0.2) is 5.82 Å². The molecule has 3 aromatic rings. The number of fused-ring (bicyclic) bond motifs is 1. The molecule has 1 fully saturated rings. The second kappa shape index (κ2) is 6.52. The van der Waals surface area contributed by atoms with Crippen molar-refractivity contribution in [2.75, 3.05) is 16.1 Å². The fourth-order valence-electron chi connectivity index (χ4n) is 3.23. The number of aromatic nitrogens is 3. The smallest absolute Gasteiger partial charge is 0.225 e. The second-order valence-electron chi connectivity index (χ2n) is 6.35. The molecule has 1 aliphatic carbocycles. The molecule has 0 radical (unpaired) electrons. The first kappa shape index (κ1) is 15.6. The summed E-state index contributed by atoms with van der Waals surface area (Å²) in [6.07, 6.45) is 8.15. The van der Waals surface area contributed by atoms with E-state index in [-0.39, 0.29) is 0 Å². The molecule has 0 spiro atoms. The van der Waals surface area contributed by atoms with E-state index in [0.717, 1.165) is 29.4 Å². The van der Waals surface area contributed by atoms with Crippen LogP contribution in [0.25, 0.3) is 10.9 Å². The minimum atomic E-state index is 0.425. The molecule has 0 aliphatic heterocycles. The van der Waals surface area contributed by atoms with Crippen molar-refractivity contribution in [3.05, 3.63) is 42.7 Å². The van der Waals surface area contributed by atoms with Gasteiger partial charge in [0.25, 0.3) is 0 Å². The molecule has 0 unspecified atom stereocenters. The molecule has 0 bridgehead atoms. The standard InChI is InChI=1S/C18H21N7/c19-15-11-22-18(23-13-5-1-2-6-13)24-17(15)25(20)14-7-8-16-12(10-14)4-3-9-21-16/h3-4,7-11,13H,1-2,5-6,19-20H2,(H,22,23,24). The van der Waals surface area contributed by atoms with Gasteiger partial charge in [0.1, 0.15) is 0 Å². The van der Waals surface area contributed by atoms with Crippen molar-refractivity contribution >= 4 is 34.0 Å². The fraction of sp³-hybridized carbons (Fsp3) is 0.278. The Bertz CT molecular complexity index is 889. The van der Waals surface area contributed by atoms with E-state index < -0.39 is 0 Å². The lowest BCUT2D eigenvalue weighted by Crippen LogP contribution is -2.28. The Hall–Kier alpha value is -2.93. The van der Waals surface area contributed by atoms with Crippen molar-refractivity contribution in [3.63, 3.8) is 0 Å². The molecule has 25 heavy (non-hydrogen) atoms. The van der Waals surface area contributed by atoms with Crippen LogP contribution in [0, 0.1) is 0 Å². The van der Waals surface area contributed by atoms with Crippen molar-refractivity contribution in [3.8, 4) is 0 Å². The Labute approximate surface area is 146 Å². The summed E-state index contributed by atoms with van der Waals surface area (Å²) >= 11 is 0. The first-order valence-electron chi connectivity index (χ1n) is 8.49. The Morgan fingerprint density at radius 2 is 1.96 bits per heavy atom. The Morgan fingerprint density at radius 3 is 2.80 bits per heavy atom. The minimum absolute atomic E-state index is 0.425. The largest absolute Gasteiger partial charge is 0.394 e. The van der Waals surface area contributed by atoms with Gasteiger partial charge >= 0.3 is 0 Å². The number of hydrazine groups is 1. The number of hydrogen-bond donors (Lipinski definition) is 3. The van der Waals surface area contributed by atoms with E-state index in [1.165, 1.54) is 17.9 Å². The number of nitrogens with two attached hydrogens (primary N) is 2. The molecule has 2 aromatic heterocycles. The summed E-state index contributed by atoms with van der Waals surface area (Å²) in [7, 11) is 0. The lowest BCUT2D eigenvalue weighted by Gasteiger charge is -2.21. The van der Waals surface area contributed by atoms with Crippen LogP contribution in [0.5, 0.6) is 0 Å². The third-order valence-corrected chi connectivity index (χ3v) is 4.58. The summed E-state index contributed by atoms with van der Waals surface area (Å²) in [5.74, 6) is 7.35. The van der Waals surface area contributed by atoms with Gasteiger partial charge in [-0.1, -0.05) is 18.9 Å². The maximum Gasteiger partial charge on any atom is 0.225 e. The number of rotatable bonds is 4. The van der Waals surface area contributed by atoms with Gasteiger partial charge in [-0.15, -0.1) is 0 Å². The summed E-state index contributed by atoms with van der Waals surface area (Å²) in [5, 5.41) is 5.87. The third-order valence-electron chi connectivity index (χ3n) is 4.58. The lowest BCUT2D eigenvalue weighted by molar-refractivity contribution is 0.743. The van der Waals surface area contributed by atoms with Gasteiger partial charge in [-0.25, -0.2) is 10.8 Å². The van der Waals surface area contributed by atoms with Gasteiger partial charge in [-0.3, -0.25) is 9.99 Å². The van der Waals surface area contributed by atoms with E-state index in [1.807, 2.05) is 30.3 Å². The van der Waals surface area contributed by atoms with E-state index in [4.69, 9.17) is 11.6 Å². The van der Waals surface area contributed by atoms with Crippen molar-refractivity contribution in [2.24, 2.45) is 5.84 Å². The first-order valence-corrected chi connectivity index (χ1v) is 8.49. The molecule has 5 N–H and O–H groups in total. The zero-order chi connectivity index (χ0) is 17.2. The van der Waals surface area contributed by atoms with Gasteiger partial charge in [-0.2, -0.15) is 4.98 Å². The number of benzene rings is 1. The average Bonchev–Trinajstić information content (AvgIpc) is 3.15. The van der Waals surface area contributed by atoms with E-state index >= 15 is 0 Å². The molecule has 0 saturated heterocycles. The topological polar surface area (TPSA) is 106 Å². The molecule has 7 nitrogen and oxygen atoms in total. The molecule has 0 amide bonds. The maximum absolute atomic E-state index is 6.30. The van der Waals surface area contributed by atoms with Crippen LogP contribution in [0.2, 0.25) is 0 Å². The highest BCUT2D eigenvalue weighted by molar-refractivity contribution is 5.84. The Balaban J connectivity index is 1.64. The van der Waals surface area contributed by atoms with Crippen molar-refractivity contribution in [1.29, 1.82) is 0 Å². The molecule has 1 aromatic carbocycles. The van der Waals surface area contributed by atoms with Crippen LogP contribution in [0.3, 0.4) is 0 Å². The quantitative estimate of drug-likeness (QED) is 0.497. The highest BCUT2D eigenvalue weighted by atomic mass is 15.4. The number of nitrogen functional groups attached to an aromatic ring is 1. The van der Waals surface area contributed by atoms with Crippen LogP contribution in [0.1, 0.15) is 25.7 Å². The minimum Gasteiger partial charge on any atom is -0.394 e. The molecular weight excluding hydrogens is 314 g/mol. The molecule has 1 saturated carbocycles. The van der Waals surface area contributed by atoms with Crippen LogP contribution < -0.4 is 21.9 Å². The first-order chi connectivity index (χ1) is 12.2. The maximum atomic E-state index is 6.30. The normalized spacial score (nSPS) is 14.8. The fourth-order valence-corrected chi connectivity index (χ4v) is 3.23. The Kier molecular flexibility index (Phi) is 4.07. The summed E-state index contributed by atoms with van der Waals surface area (Å²) in [4.78, 5) is 13.1. The average molecular weight is 335 g/mol. The molecule has 0 atom stereocenters. The molecule has 1 aliphatic rings. The molecule has 4 rings (SSSR count). The Morgan fingerprint density at radius 1 is 1.12 bits per heavy atom. The van der Waals surface area contributed by atoms with Gasteiger partial charge in [0, 0.05) is 17.6 Å². The molecular formula is C18H21N7. The van der Waals surface area contributed by atoms with Crippen molar-refractivity contribution in [1.82, 2.24) is 15.0 Å². The van der Waals surface area contributed by atoms with Crippen LogP contribution in [0.4, 0.5) is 23.1 Å².